The summed E-state index contributed by atoms with van der Waals surface area (Å²) in [6.07, 6.45) is 0.222. The van der Waals surface area contributed by atoms with Crippen molar-refractivity contribution >= 4 is 28.9 Å². The minimum atomic E-state index is -0.132. The highest BCUT2D eigenvalue weighted by Gasteiger charge is 2.12. The summed E-state index contributed by atoms with van der Waals surface area (Å²) in [7, 11) is 6.96. The summed E-state index contributed by atoms with van der Waals surface area (Å²) in [5.41, 5.74) is 2.40. The van der Waals surface area contributed by atoms with E-state index < -0.39 is 0 Å². The molecule has 24 heavy (non-hydrogen) atoms. The van der Waals surface area contributed by atoms with Gasteiger partial charge in [-0.2, -0.15) is 0 Å². The summed E-state index contributed by atoms with van der Waals surface area (Å²) in [6.45, 7) is 0. The molecule has 0 fully saturated rings. The van der Waals surface area contributed by atoms with Crippen LogP contribution in [0.3, 0.4) is 0 Å². The Labute approximate surface area is 147 Å². The van der Waals surface area contributed by atoms with E-state index in [1.165, 1.54) is 0 Å². The zero-order valence-corrected chi connectivity index (χ0v) is 15.0. The number of carbonyl (C=O) groups excluding carboxylic acids is 1. The maximum absolute atomic E-state index is 12.4. The van der Waals surface area contributed by atoms with Crippen molar-refractivity contribution in [3.8, 4) is 11.5 Å². The number of amides is 1. The van der Waals surface area contributed by atoms with Crippen LogP contribution in [-0.4, -0.2) is 34.2 Å². The van der Waals surface area contributed by atoms with Gasteiger partial charge < -0.3 is 19.7 Å². The molecule has 0 saturated carbocycles. The molecular weight excluding hydrogens is 328 g/mol. The molecule has 0 spiro atoms. The molecule has 0 aliphatic rings. The Bertz CT molecular complexity index is 732. The number of methoxy groups -OCH3 is 2. The number of hydrogen-bond donors (Lipinski definition) is 1. The third kappa shape index (κ3) is 4.32. The largest absolute Gasteiger partial charge is 0.493 e. The molecule has 1 amide bonds. The molecule has 0 aliphatic heterocycles. The van der Waals surface area contributed by atoms with Crippen molar-refractivity contribution in [3.63, 3.8) is 0 Å². The summed E-state index contributed by atoms with van der Waals surface area (Å²) >= 11 is 6.04. The summed E-state index contributed by atoms with van der Waals surface area (Å²) in [5.74, 6) is 1.10. The minimum absolute atomic E-state index is 0.132. The van der Waals surface area contributed by atoms with E-state index in [0.29, 0.717) is 22.2 Å². The van der Waals surface area contributed by atoms with Crippen molar-refractivity contribution in [2.24, 2.45) is 0 Å². The number of anilines is 2. The van der Waals surface area contributed by atoms with Crippen molar-refractivity contribution < 1.29 is 14.3 Å². The Morgan fingerprint density at radius 3 is 2.42 bits per heavy atom. The molecular formula is C18H21ClN2O3. The van der Waals surface area contributed by atoms with Gasteiger partial charge in [-0.15, -0.1) is 0 Å². The predicted molar refractivity (Wildman–Crippen MR) is 97.7 cm³/mol. The van der Waals surface area contributed by atoms with Crippen molar-refractivity contribution in [1.82, 2.24) is 0 Å². The average molecular weight is 349 g/mol. The van der Waals surface area contributed by atoms with E-state index in [0.717, 1.165) is 11.3 Å². The fourth-order valence-corrected chi connectivity index (χ4v) is 2.54. The maximum Gasteiger partial charge on any atom is 0.228 e. The molecule has 0 bridgehead atoms. The zero-order chi connectivity index (χ0) is 17.7. The molecule has 128 valence electrons. The first kappa shape index (κ1) is 17.9. The summed E-state index contributed by atoms with van der Waals surface area (Å²) in [4.78, 5) is 14.3. The van der Waals surface area contributed by atoms with Crippen LogP contribution in [0.25, 0.3) is 0 Å². The van der Waals surface area contributed by atoms with E-state index in [2.05, 4.69) is 5.32 Å². The second-order valence-electron chi connectivity index (χ2n) is 5.47. The SMILES string of the molecule is COc1ccc(CC(=O)Nc2cc(Cl)ccc2N(C)C)cc1OC. The number of nitrogens with one attached hydrogen (secondary N) is 1. The third-order valence-electron chi connectivity index (χ3n) is 3.53. The molecule has 2 aromatic rings. The van der Waals surface area contributed by atoms with Crippen molar-refractivity contribution in [1.29, 1.82) is 0 Å². The van der Waals surface area contributed by atoms with Gasteiger partial charge in [0.2, 0.25) is 5.91 Å². The van der Waals surface area contributed by atoms with Crippen molar-refractivity contribution in [2.75, 3.05) is 38.5 Å². The fourth-order valence-electron chi connectivity index (χ4n) is 2.37. The molecule has 0 aliphatic carbocycles. The highest BCUT2D eigenvalue weighted by atomic mass is 35.5. The zero-order valence-electron chi connectivity index (χ0n) is 14.2. The van der Waals surface area contributed by atoms with Crippen molar-refractivity contribution in [2.45, 2.75) is 6.42 Å². The molecule has 0 heterocycles. The van der Waals surface area contributed by atoms with Gasteiger partial charge in [-0.1, -0.05) is 17.7 Å². The van der Waals surface area contributed by atoms with Crippen LogP contribution in [0, 0.1) is 0 Å². The van der Waals surface area contributed by atoms with Crippen LogP contribution >= 0.6 is 11.6 Å². The Morgan fingerprint density at radius 1 is 1.08 bits per heavy atom. The first-order valence-electron chi connectivity index (χ1n) is 7.42. The molecule has 1 N–H and O–H groups in total. The second kappa shape index (κ2) is 7.93. The van der Waals surface area contributed by atoms with Gasteiger partial charge >= 0.3 is 0 Å². The van der Waals surface area contributed by atoms with E-state index in [1.54, 1.807) is 38.5 Å². The standard InChI is InChI=1S/C18H21ClN2O3/c1-21(2)15-7-6-13(19)11-14(15)20-18(22)10-12-5-8-16(23-3)17(9-12)24-4/h5-9,11H,10H2,1-4H3,(H,20,22). The van der Waals surface area contributed by atoms with Crippen LogP contribution in [0.4, 0.5) is 11.4 Å². The van der Waals surface area contributed by atoms with Gasteiger partial charge in [0.15, 0.2) is 11.5 Å². The highest BCUT2D eigenvalue weighted by molar-refractivity contribution is 6.31. The molecule has 0 aromatic heterocycles. The molecule has 6 heteroatoms. The van der Waals surface area contributed by atoms with Gasteiger partial charge in [0.1, 0.15) is 0 Å². The molecule has 2 aromatic carbocycles. The number of nitrogens with zero attached hydrogens (tertiary/aromatic N) is 1. The normalized spacial score (nSPS) is 10.2. The topological polar surface area (TPSA) is 50.8 Å². The fraction of sp³-hybridized carbons (Fsp3) is 0.278. The predicted octanol–water partition coefficient (Wildman–Crippen LogP) is 3.60. The lowest BCUT2D eigenvalue weighted by Crippen LogP contribution is -2.18. The van der Waals surface area contributed by atoms with E-state index in [4.69, 9.17) is 21.1 Å². The molecule has 5 nitrogen and oxygen atoms in total. The number of rotatable bonds is 6. The Balaban J connectivity index is 2.15. The summed E-state index contributed by atoms with van der Waals surface area (Å²) in [6, 6.07) is 10.8. The van der Waals surface area contributed by atoms with Crippen LogP contribution in [0.2, 0.25) is 5.02 Å². The second-order valence-corrected chi connectivity index (χ2v) is 5.91. The van der Waals surface area contributed by atoms with E-state index >= 15 is 0 Å². The van der Waals surface area contributed by atoms with Crippen LogP contribution in [0.1, 0.15) is 5.56 Å². The Hall–Kier alpha value is -2.40. The number of hydrogen-bond acceptors (Lipinski definition) is 4. The van der Waals surface area contributed by atoms with Crippen LogP contribution in [-0.2, 0) is 11.2 Å². The van der Waals surface area contributed by atoms with Gasteiger partial charge in [-0.25, -0.2) is 0 Å². The molecule has 0 radical (unpaired) electrons. The highest BCUT2D eigenvalue weighted by Crippen LogP contribution is 2.29. The smallest absolute Gasteiger partial charge is 0.228 e. The number of ether oxygens (including phenoxy) is 2. The third-order valence-corrected chi connectivity index (χ3v) is 3.76. The van der Waals surface area contributed by atoms with Gasteiger partial charge in [0.05, 0.1) is 32.0 Å². The number of halogens is 1. The van der Waals surface area contributed by atoms with E-state index in [1.807, 2.05) is 31.1 Å². The van der Waals surface area contributed by atoms with Gasteiger partial charge in [-0.3, -0.25) is 4.79 Å². The summed E-state index contributed by atoms with van der Waals surface area (Å²) in [5, 5.41) is 3.48. The van der Waals surface area contributed by atoms with Crippen molar-refractivity contribution in [3.05, 3.63) is 47.0 Å². The maximum atomic E-state index is 12.4. The van der Waals surface area contributed by atoms with E-state index in [9.17, 15) is 4.79 Å². The van der Waals surface area contributed by atoms with E-state index in [-0.39, 0.29) is 12.3 Å². The van der Waals surface area contributed by atoms with Gasteiger partial charge in [0, 0.05) is 19.1 Å². The van der Waals surface area contributed by atoms with Crippen LogP contribution < -0.4 is 19.7 Å². The first-order valence-corrected chi connectivity index (χ1v) is 7.80. The minimum Gasteiger partial charge on any atom is -0.493 e. The number of benzene rings is 2. The average Bonchev–Trinajstić information content (AvgIpc) is 2.54. The summed E-state index contributed by atoms with van der Waals surface area (Å²) < 4.78 is 10.5. The lowest BCUT2D eigenvalue weighted by atomic mass is 10.1. The monoisotopic (exact) mass is 348 g/mol. The van der Waals surface area contributed by atoms with Crippen LogP contribution in [0.15, 0.2) is 36.4 Å². The lowest BCUT2D eigenvalue weighted by molar-refractivity contribution is -0.115. The Kier molecular flexibility index (Phi) is 5.93. The lowest BCUT2D eigenvalue weighted by Gasteiger charge is -2.18. The number of carbonyl (C=O) groups is 1. The quantitative estimate of drug-likeness (QED) is 0.866. The first-order chi connectivity index (χ1) is 11.4. The molecule has 2 rings (SSSR count). The van der Waals surface area contributed by atoms with Crippen LogP contribution in [0.5, 0.6) is 11.5 Å². The van der Waals surface area contributed by atoms with Gasteiger partial charge in [0.25, 0.3) is 0 Å². The Morgan fingerprint density at radius 2 is 1.79 bits per heavy atom. The van der Waals surface area contributed by atoms with Gasteiger partial charge in [-0.05, 0) is 35.9 Å². The molecule has 0 saturated heterocycles. The molecule has 0 atom stereocenters. The molecule has 0 unspecified atom stereocenters.